The first-order valence-electron chi connectivity index (χ1n) is 9.50. The highest BCUT2D eigenvalue weighted by atomic mass is 16.5. The zero-order valence-corrected chi connectivity index (χ0v) is 14.7. The Morgan fingerprint density at radius 1 is 1.36 bits per heavy atom. The predicted molar refractivity (Wildman–Crippen MR) is 95.2 cm³/mol. The fraction of sp³-hybridized carbons (Fsp3) is 0.571. The molecule has 3 heterocycles. The zero-order chi connectivity index (χ0) is 17.0. The van der Waals surface area contributed by atoms with Gasteiger partial charge in [0.05, 0.1) is 19.1 Å². The van der Waals surface area contributed by atoms with Crippen molar-refractivity contribution in [3.63, 3.8) is 0 Å². The molecule has 1 aromatic carbocycles. The van der Waals surface area contributed by atoms with E-state index in [1.807, 2.05) is 0 Å². The SMILES string of the molecule is COC(=O)[C@@H]1C[C@@]23C=CCN4C[C@@H]([C@@H]2C)[C@]2(c5ccccc5N[C@H]12)[C@H]43. The second-order valence-electron chi connectivity index (χ2n) is 8.70. The van der Waals surface area contributed by atoms with Crippen LogP contribution in [0.2, 0.25) is 0 Å². The number of carbonyl (C=O) groups excluding carboxylic acids is 1. The van der Waals surface area contributed by atoms with E-state index in [0.29, 0.717) is 17.9 Å². The summed E-state index contributed by atoms with van der Waals surface area (Å²) in [5.74, 6) is 1.06. The summed E-state index contributed by atoms with van der Waals surface area (Å²) < 4.78 is 5.26. The number of nitrogens with zero attached hydrogens (tertiary/aromatic N) is 1. The van der Waals surface area contributed by atoms with Gasteiger partial charge in [0.1, 0.15) is 0 Å². The van der Waals surface area contributed by atoms with Crippen molar-refractivity contribution in [2.24, 2.45) is 23.2 Å². The third kappa shape index (κ3) is 1.31. The summed E-state index contributed by atoms with van der Waals surface area (Å²) >= 11 is 0. The first-order chi connectivity index (χ1) is 12.1. The molecule has 0 amide bonds. The number of fused-ring (bicyclic) bond motifs is 1. The maximum Gasteiger partial charge on any atom is 0.310 e. The molecule has 0 radical (unpaired) electrons. The summed E-state index contributed by atoms with van der Waals surface area (Å²) in [5, 5.41) is 3.78. The monoisotopic (exact) mass is 336 g/mol. The molecule has 130 valence electrons. The van der Waals surface area contributed by atoms with Crippen LogP contribution in [0.25, 0.3) is 0 Å². The molecule has 0 unspecified atom stereocenters. The van der Waals surface area contributed by atoms with Gasteiger partial charge in [0.25, 0.3) is 0 Å². The summed E-state index contributed by atoms with van der Waals surface area (Å²) in [6.45, 7) is 4.63. The molecule has 1 N–H and O–H groups in total. The molecule has 1 aromatic rings. The molecule has 1 saturated heterocycles. The molecule has 25 heavy (non-hydrogen) atoms. The Morgan fingerprint density at radius 2 is 2.20 bits per heavy atom. The van der Waals surface area contributed by atoms with Gasteiger partial charge in [-0.25, -0.2) is 0 Å². The van der Waals surface area contributed by atoms with Gasteiger partial charge in [0.15, 0.2) is 0 Å². The highest BCUT2D eigenvalue weighted by Crippen LogP contribution is 2.74. The van der Waals surface area contributed by atoms with E-state index in [1.54, 1.807) is 0 Å². The number of benzene rings is 1. The van der Waals surface area contributed by atoms with Crippen LogP contribution < -0.4 is 5.32 Å². The van der Waals surface area contributed by atoms with Crippen molar-refractivity contribution in [1.29, 1.82) is 0 Å². The average Bonchev–Trinajstić information content (AvgIpc) is 3.22. The van der Waals surface area contributed by atoms with Crippen LogP contribution in [0.1, 0.15) is 18.9 Å². The van der Waals surface area contributed by atoms with E-state index >= 15 is 0 Å². The van der Waals surface area contributed by atoms with Gasteiger partial charge < -0.3 is 10.1 Å². The number of rotatable bonds is 1. The predicted octanol–water partition coefficient (Wildman–Crippen LogP) is 2.42. The summed E-state index contributed by atoms with van der Waals surface area (Å²) in [5.41, 5.74) is 2.82. The van der Waals surface area contributed by atoms with E-state index in [1.165, 1.54) is 18.4 Å². The normalized spacial score (nSPS) is 48.0. The van der Waals surface area contributed by atoms with Gasteiger partial charge in [-0.05, 0) is 29.9 Å². The Bertz CT molecular complexity index is 820. The number of nitrogens with one attached hydrogen (secondary N) is 1. The number of anilines is 1. The number of para-hydroxylation sites is 1. The molecular weight excluding hydrogens is 312 g/mol. The third-order valence-electron chi connectivity index (χ3n) is 8.29. The quantitative estimate of drug-likeness (QED) is 0.632. The second-order valence-corrected chi connectivity index (χ2v) is 8.70. The van der Waals surface area contributed by atoms with Crippen molar-refractivity contribution < 1.29 is 9.53 Å². The van der Waals surface area contributed by atoms with Crippen molar-refractivity contribution in [2.75, 3.05) is 25.5 Å². The van der Waals surface area contributed by atoms with Gasteiger partial charge in [0.2, 0.25) is 0 Å². The molecular formula is C21H24N2O2. The Hall–Kier alpha value is -1.81. The number of hydrogen-bond acceptors (Lipinski definition) is 4. The lowest BCUT2D eigenvalue weighted by atomic mass is 9.56. The van der Waals surface area contributed by atoms with Gasteiger partial charge in [-0.2, -0.15) is 0 Å². The molecule has 2 aliphatic carbocycles. The number of esters is 1. The van der Waals surface area contributed by atoms with Gasteiger partial charge in [-0.1, -0.05) is 37.3 Å². The van der Waals surface area contributed by atoms with Crippen molar-refractivity contribution in [2.45, 2.75) is 30.8 Å². The van der Waals surface area contributed by atoms with Crippen LogP contribution in [0.15, 0.2) is 36.4 Å². The minimum atomic E-state index is -0.0798. The Kier molecular flexibility index (Phi) is 2.47. The molecule has 3 fully saturated rings. The van der Waals surface area contributed by atoms with E-state index in [9.17, 15) is 4.79 Å². The smallest absolute Gasteiger partial charge is 0.310 e. The van der Waals surface area contributed by atoms with Gasteiger partial charge >= 0.3 is 5.97 Å². The molecule has 0 aromatic heterocycles. The standard InChI is InChI=1S/C21H24N2O2/c1-12-15-11-23-9-5-8-20(12)10-13(18(24)25-2)17-21(15,19(20)23)14-6-3-4-7-16(14)22-17/h3-8,12-13,15,17,19,22H,9-11H2,1-2H3/t12-,13+,15-,17+,19+,20-,21-/m0/s1. The van der Waals surface area contributed by atoms with Crippen molar-refractivity contribution in [1.82, 2.24) is 4.90 Å². The Labute approximate surface area is 148 Å². The molecule has 1 spiro atoms. The fourth-order valence-corrected chi connectivity index (χ4v) is 7.68. The molecule has 5 aliphatic rings. The first-order valence-corrected chi connectivity index (χ1v) is 9.50. The highest BCUT2D eigenvalue weighted by Gasteiger charge is 2.80. The van der Waals surface area contributed by atoms with E-state index in [4.69, 9.17) is 4.74 Å². The average molecular weight is 336 g/mol. The lowest BCUT2D eigenvalue weighted by Crippen LogP contribution is -2.63. The van der Waals surface area contributed by atoms with Crippen LogP contribution in [0, 0.1) is 23.2 Å². The summed E-state index contributed by atoms with van der Waals surface area (Å²) in [7, 11) is 1.53. The highest BCUT2D eigenvalue weighted by molar-refractivity contribution is 5.79. The second kappa shape index (κ2) is 4.29. The third-order valence-corrected chi connectivity index (χ3v) is 8.29. The minimum Gasteiger partial charge on any atom is -0.469 e. The van der Waals surface area contributed by atoms with Crippen LogP contribution in [-0.2, 0) is 14.9 Å². The van der Waals surface area contributed by atoms with Gasteiger partial charge in [0, 0.05) is 35.6 Å². The van der Waals surface area contributed by atoms with Crippen molar-refractivity contribution in [3.8, 4) is 0 Å². The lowest BCUT2D eigenvalue weighted by molar-refractivity contribution is -0.150. The summed E-state index contributed by atoms with van der Waals surface area (Å²) in [6.07, 6.45) is 5.71. The molecule has 4 heteroatoms. The molecule has 4 nitrogen and oxygen atoms in total. The van der Waals surface area contributed by atoms with E-state index < -0.39 is 0 Å². The topological polar surface area (TPSA) is 41.6 Å². The summed E-state index contributed by atoms with van der Waals surface area (Å²) in [4.78, 5) is 15.5. The molecule has 7 atom stereocenters. The number of methoxy groups -OCH3 is 1. The number of ether oxygens (including phenoxy) is 1. The molecule has 4 bridgehead atoms. The Morgan fingerprint density at radius 3 is 3.04 bits per heavy atom. The van der Waals surface area contributed by atoms with Crippen molar-refractivity contribution >= 4 is 11.7 Å². The first kappa shape index (κ1) is 14.4. The van der Waals surface area contributed by atoms with E-state index in [2.05, 4.69) is 53.6 Å². The van der Waals surface area contributed by atoms with Crippen molar-refractivity contribution in [3.05, 3.63) is 42.0 Å². The maximum atomic E-state index is 12.8. The lowest BCUT2D eigenvalue weighted by Gasteiger charge is -2.54. The van der Waals surface area contributed by atoms with Crippen LogP contribution in [0.4, 0.5) is 5.69 Å². The minimum absolute atomic E-state index is 0.0396. The van der Waals surface area contributed by atoms with Crippen LogP contribution >= 0.6 is 0 Å². The van der Waals surface area contributed by atoms with Gasteiger partial charge in [-0.15, -0.1) is 0 Å². The molecule has 6 rings (SSSR count). The number of hydrogen-bond donors (Lipinski definition) is 1. The van der Waals surface area contributed by atoms with E-state index in [-0.39, 0.29) is 28.8 Å². The maximum absolute atomic E-state index is 12.8. The zero-order valence-electron chi connectivity index (χ0n) is 14.7. The van der Waals surface area contributed by atoms with E-state index in [0.717, 1.165) is 19.5 Å². The fourth-order valence-electron chi connectivity index (χ4n) is 7.68. The number of carbonyl (C=O) groups is 1. The largest absolute Gasteiger partial charge is 0.469 e. The van der Waals surface area contributed by atoms with Crippen LogP contribution in [0.3, 0.4) is 0 Å². The molecule has 3 aliphatic heterocycles. The van der Waals surface area contributed by atoms with Crippen LogP contribution in [0.5, 0.6) is 0 Å². The summed E-state index contributed by atoms with van der Waals surface area (Å²) in [6, 6.07) is 9.42. The van der Waals surface area contributed by atoms with Crippen LogP contribution in [-0.4, -0.2) is 43.2 Å². The van der Waals surface area contributed by atoms with Gasteiger partial charge in [-0.3, -0.25) is 9.69 Å². The Balaban J connectivity index is 1.66. The molecule has 2 saturated carbocycles. The number of piperidine rings is 1.